The monoisotopic (exact) mass is 298 g/mol. The summed E-state index contributed by atoms with van der Waals surface area (Å²) in [5.41, 5.74) is 1.06. The fourth-order valence-electron chi connectivity index (χ4n) is 1.13. The van der Waals surface area contributed by atoms with Crippen molar-refractivity contribution in [1.82, 2.24) is 0 Å². The van der Waals surface area contributed by atoms with Crippen molar-refractivity contribution >= 4 is 17.9 Å². The summed E-state index contributed by atoms with van der Waals surface area (Å²) in [7, 11) is 1.31. The van der Waals surface area contributed by atoms with E-state index in [1.54, 1.807) is 24.3 Å². The molecule has 6 nitrogen and oxygen atoms in total. The van der Waals surface area contributed by atoms with Crippen LogP contribution in [0.4, 0.5) is 0 Å². The van der Waals surface area contributed by atoms with Gasteiger partial charge in [0.05, 0.1) is 12.7 Å². The summed E-state index contributed by atoms with van der Waals surface area (Å²) in [6.45, 7) is 6.49. The molecule has 0 atom stereocenters. The Hall–Kier alpha value is -2.37. The molecular formula is C15H22O6. The third-order valence-electron chi connectivity index (χ3n) is 1.85. The standard InChI is InChI=1S/C11H12O4.C2H4O2.C2H6/c1-8(12)15-7-9-5-3-4-6-10(9)11(13)14-2;1-2(3)4;1-2/h3-6H,7H2,1-2H3;1H3,(H,3,4);1-2H3. The maximum Gasteiger partial charge on any atom is 0.338 e. The van der Waals surface area contributed by atoms with Gasteiger partial charge in [-0.2, -0.15) is 0 Å². The third kappa shape index (κ3) is 11.2. The molecule has 0 amide bonds. The topological polar surface area (TPSA) is 89.9 Å². The summed E-state index contributed by atoms with van der Waals surface area (Å²) in [6, 6.07) is 6.84. The Kier molecular flexibility index (Phi) is 12.6. The van der Waals surface area contributed by atoms with E-state index in [1.807, 2.05) is 13.8 Å². The first kappa shape index (κ1) is 20.9. The third-order valence-corrected chi connectivity index (χ3v) is 1.85. The minimum Gasteiger partial charge on any atom is -0.481 e. The van der Waals surface area contributed by atoms with Crippen molar-refractivity contribution in [2.45, 2.75) is 34.3 Å². The first-order valence-corrected chi connectivity index (χ1v) is 6.37. The molecule has 0 saturated carbocycles. The van der Waals surface area contributed by atoms with Crippen molar-refractivity contribution in [2.24, 2.45) is 0 Å². The Bertz CT molecular complexity index is 449. The molecule has 0 heterocycles. The fourth-order valence-corrected chi connectivity index (χ4v) is 1.13. The van der Waals surface area contributed by atoms with Crippen LogP contribution >= 0.6 is 0 Å². The number of benzene rings is 1. The molecular weight excluding hydrogens is 276 g/mol. The van der Waals surface area contributed by atoms with Crippen molar-refractivity contribution in [3.8, 4) is 0 Å². The highest BCUT2D eigenvalue weighted by atomic mass is 16.5. The molecule has 0 spiro atoms. The number of carbonyl (C=O) groups is 3. The Morgan fingerprint density at radius 3 is 2.00 bits per heavy atom. The molecule has 0 aliphatic heterocycles. The number of rotatable bonds is 3. The number of ether oxygens (including phenoxy) is 2. The summed E-state index contributed by atoms with van der Waals surface area (Å²) in [5.74, 6) is -1.65. The summed E-state index contributed by atoms with van der Waals surface area (Å²) in [4.78, 5) is 30.9. The summed E-state index contributed by atoms with van der Waals surface area (Å²) < 4.78 is 9.42. The first-order chi connectivity index (χ1) is 9.88. The van der Waals surface area contributed by atoms with Crippen molar-refractivity contribution in [3.63, 3.8) is 0 Å². The van der Waals surface area contributed by atoms with Crippen LogP contribution in [0.15, 0.2) is 24.3 Å². The number of hydrogen-bond donors (Lipinski definition) is 1. The molecule has 1 rings (SSSR count). The minimum atomic E-state index is -0.833. The molecule has 1 N–H and O–H groups in total. The molecule has 21 heavy (non-hydrogen) atoms. The summed E-state index contributed by atoms with van der Waals surface area (Å²) >= 11 is 0. The highest BCUT2D eigenvalue weighted by Gasteiger charge is 2.11. The number of carboxylic acid groups (broad SMARTS) is 1. The number of methoxy groups -OCH3 is 1. The molecule has 0 unspecified atom stereocenters. The lowest BCUT2D eigenvalue weighted by atomic mass is 10.1. The van der Waals surface area contributed by atoms with Gasteiger partial charge < -0.3 is 14.6 Å². The van der Waals surface area contributed by atoms with Gasteiger partial charge in [-0.05, 0) is 6.07 Å². The van der Waals surface area contributed by atoms with Crippen molar-refractivity contribution < 1.29 is 29.0 Å². The molecule has 0 saturated heterocycles. The molecule has 0 fully saturated rings. The van der Waals surface area contributed by atoms with Crippen LogP contribution < -0.4 is 0 Å². The molecule has 1 aromatic rings. The first-order valence-electron chi connectivity index (χ1n) is 6.37. The van der Waals surface area contributed by atoms with E-state index in [-0.39, 0.29) is 12.6 Å². The van der Waals surface area contributed by atoms with Gasteiger partial charge in [-0.3, -0.25) is 9.59 Å². The zero-order valence-corrected chi connectivity index (χ0v) is 13.0. The van der Waals surface area contributed by atoms with Gasteiger partial charge >= 0.3 is 11.9 Å². The number of hydrogen-bond acceptors (Lipinski definition) is 5. The molecule has 0 bridgehead atoms. The van der Waals surface area contributed by atoms with Crippen LogP contribution in [0.5, 0.6) is 0 Å². The van der Waals surface area contributed by atoms with Crippen molar-refractivity contribution in [3.05, 3.63) is 35.4 Å². The number of carboxylic acids is 1. The lowest BCUT2D eigenvalue weighted by Crippen LogP contribution is -2.08. The number of aliphatic carboxylic acids is 1. The van der Waals surface area contributed by atoms with Gasteiger partial charge in [-0.25, -0.2) is 4.79 Å². The smallest absolute Gasteiger partial charge is 0.338 e. The molecule has 0 aliphatic carbocycles. The van der Waals surface area contributed by atoms with Gasteiger partial charge in [0.15, 0.2) is 0 Å². The number of esters is 2. The largest absolute Gasteiger partial charge is 0.481 e. The quantitative estimate of drug-likeness (QED) is 0.863. The lowest BCUT2D eigenvalue weighted by Gasteiger charge is -2.07. The van der Waals surface area contributed by atoms with Gasteiger partial charge in [-0.15, -0.1) is 0 Å². The van der Waals surface area contributed by atoms with Crippen LogP contribution in [0.3, 0.4) is 0 Å². The van der Waals surface area contributed by atoms with Gasteiger partial charge in [0.25, 0.3) is 5.97 Å². The highest BCUT2D eigenvalue weighted by molar-refractivity contribution is 5.91. The number of carbonyl (C=O) groups excluding carboxylic acids is 2. The van der Waals surface area contributed by atoms with Crippen LogP contribution in [0.25, 0.3) is 0 Å². The maximum atomic E-state index is 11.3. The Morgan fingerprint density at radius 1 is 1.10 bits per heavy atom. The second-order valence-corrected chi connectivity index (χ2v) is 3.45. The zero-order valence-electron chi connectivity index (χ0n) is 13.0. The summed E-state index contributed by atoms with van der Waals surface area (Å²) in [6.07, 6.45) is 0. The highest BCUT2D eigenvalue weighted by Crippen LogP contribution is 2.11. The van der Waals surface area contributed by atoms with E-state index in [1.165, 1.54) is 14.0 Å². The normalized spacial score (nSPS) is 8.24. The van der Waals surface area contributed by atoms with E-state index in [9.17, 15) is 9.59 Å². The molecule has 0 aromatic heterocycles. The second kappa shape index (κ2) is 12.7. The van der Waals surface area contributed by atoms with Crippen LogP contribution in [-0.2, 0) is 25.7 Å². The van der Waals surface area contributed by atoms with E-state index in [4.69, 9.17) is 14.6 Å². The SMILES string of the molecule is CC.CC(=O)O.COC(=O)c1ccccc1COC(C)=O. The van der Waals surface area contributed by atoms with Gasteiger partial charge in [-0.1, -0.05) is 32.0 Å². The molecule has 0 aliphatic rings. The maximum absolute atomic E-state index is 11.3. The second-order valence-electron chi connectivity index (χ2n) is 3.45. The van der Waals surface area contributed by atoms with Crippen molar-refractivity contribution in [2.75, 3.05) is 7.11 Å². The van der Waals surface area contributed by atoms with Gasteiger partial charge in [0, 0.05) is 19.4 Å². The fraction of sp³-hybridized carbons (Fsp3) is 0.400. The molecule has 6 heteroatoms. The van der Waals surface area contributed by atoms with E-state index in [0.717, 1.165) is 6.92 Å². The van der Waals surface area contributed by atoms with Crippen LogP contribution in [-0.4, -0.2) is 30.1 Å². The van der Waals surface area contributed by atoms with E-state index >= 15 is 0 Å². The van der Waals surface area contributed by atoms with Crippen LogP contribution in [0, 0.1) is 0 Å². The van der Waals surface area contributed by atoms with Gasteiger partial charge in [0.2, 0.25) is 0 Å². The predicted molar refractivity (Wildman–Crippen MR) is 77.9 cm³/mol. The molecule has 1 aromatic carbocycles. The van der Waals surface area contributed by atoms with E-state index in [2.05, 4.69) is 4.74 Å². The Balaban J connectivity index is 0. The van der Waals surface area contributed by atoms with Crippen LogP contribution in [0.2, 0.25) is 0 Å². The Morgan fingerprint density at radius 2 is 1.57 bits per heavy atom. The Labute approximate surface area is 124 Å². The molecule has 118 valence electrons. The average molecular weight is 298 g/mol. The lowest BCUT2D eigenvalue weighted by molar-refractivity contribution is -0.142. The minimum absolute atomic E-state index is 0.0839. The van der Waals surface area contributed by atoms with Crippen LogP contribution in [0.1, 0.15) is 43.6 Å². The van der Waals surface area contributed by atoms with Gasteiger partial charge in [0.1, 0.15) is 6.61 Å². The van der Waals surface area contributed by atoms with E-state index in [0.29, 0.717) is 11.1 Å². The summed E-state index contributed by atoms with van der Waals surface area (Å²) in [5, 5.41) is 7.42. The zero-order chi connectivity index (χ0) is 16.8. The average Bonchev–Trinajstić information content (AvgIpc) is 2.46. The molecule has 0 radical (unpaired) electrons. The van der Waals surface area contributed by atoms with E-state index < -0.39 is 11.9 Å². The van der Waals surface area contributed by atoms with Crippen molar-refractivity contribution in [1.29, 1.82) is 0 Å². The predicted octanol–water partition coefficient (Wildman–Crippen LogP) is 2.65.